The number of carbonyl (C=O) groups is 1. The molecule has 20 heavy (non-hydrogen) atoms. The highest BCUT2D eigenvalue weighted by atomic mass is 16.2. The van der Waals surface area contributed by atoms with Crippen LogP contribution in [-0.2, 0) is 0 Å². The summed E-state index contributed by atoms with van der Waals surface area (Å²) in [6.07, 6.45) is 8.07. The molecule has 2 aliphatic rings. The van der Waals surface area contributed by atoms with E-state index in [1.165, 1.54) is 24.8 Å². The van der Waals surface area contributed by atoms with Gasteiger partial charge in [-0.2, -0.15) is 0 Å². The molecule has 0 spiro atoms. The van der Waals surface area contributed by atoms with Crippen LogP contribution in [-0.4, -0.2) is 29.9 Å². The number of nitrogens with zero attached hydrogens (tertiary/aromatic N) is 1. The van der Waals surface area contributed by atoms with Crippen molar-refractivity contribution in [3.05, 3.63) is 47.7 Å². The third-order valence-corrected chi connectivity index (χ3v) is 4.23. The molecule has 1 aromatic rings. The highest BCUT2D eigenvalue weighted by Crippen LogP contribution is 2.24. The average molecular weight is 270 g/mol. The molecule has 0 aliphatic carbocycles. The maximum Gasteiger partial charge on any atom is 0.257 e. The molecule has 0 saturated carbocycles. The topological polar surface area (TPSA) is 32.3 Å². The molecule has 0 aromatic heterocycles. The Morgan fingerprint density at radius 1 is 1.15 bits per heavy atom. The Balaban J connectivity index is 1.75. The lowest BCUT2D eigenvalue weighted by Crippen LogP contribution is -2.39. The third kappa shape index (κ3) is 2.93. The van der Waals surface area contributed by atoms with Crippen molar-refractivity contribution >= 4 is 5.91 Å². The molecule has 1 saturated heterocycles. The van der Waals surface area contributed by atoms with Gasteiger partial charge in [0, 0.05) is 24.4 Å². The van der Waals surface area contributed by atoms with Gasteiger partial charge in [-0.3, -0.25) is 4.79 Å². The first-order chi connectivity index (χ1) is 9.84. The lowest BCUT2D eigenvalue weighted by molar-refractivity contribution is 0.0811. The van der Waals surface area contributed by atoms with E-state index in [0.29, 0.717) is 6.04 Å². The summed E-state index contributed by atoms with van der Waals surface area (Å²) < 4.78 is 0. The zero-order chi connectivity index (χ0) is 13.8. The summed E-state index contributed by atoms with van der Waals surface area (Å²) in [4.78, 5) is 14.4. The molecule has 0 bridgehead atoms. The second kappa shape index (κ2) is 6.23. The first kappa shape index (κ1) is 13.4. The number of carbonyl (C=O) groups excluding carboxylic acids is 1. The van der Waals surface area contributed by atoms with Crippen molar-refractivity contribution in [3.63, 3.8) is 0 Å². The lowest BCUT2D eigenvalue weighted by Gasteiger charge is -2.32. The highest BCUT2D eigenvalue weighted by molar-refractivity contribution is 5.94. The first-order valence-electron chi connectivity index (χ1n) is 7.64. The maximum atomic E-state index is 12.5. The molecule has 2 aliphatic heterocycles. The van der Waals surface area contributed by atoms with Gasteiger partial charge in [0.15, 0.2) is 0 Å². The molecule has 1 atom stereocenters. The zero-order valence-electron chi connectivity index (χ0n) is 11.8. The monoisotopic (exact) mass is 270 g/mol. The van der Waals surface area contributed by atoms with E-state index in [4.69, 9.17) is 0 Å². The predicted molar refractivity (Wildman–Crippen MR) is 80.4 cm³/mol. The summed E-state index contributed by atoms with van der Waals surface area (Å²) in [5, 5.41) is 3.58. The molecular weight excluding hydrogens is 248 g/mol. The predicted octanol–water partition coefficient (Wildman–Crippen LogP) is 2.95. The van der Waals surface area contributed by atoms with Crippen LogP contribution in [0.15, 0.2) is 42.1 Å². The van der Waals surface area contributed by atoms with Gasteiger partial charge in [-0.15, -0.1) is 0 Å². The van der Waals surface area contributed by atoms with Crippen molar-refractivity contribution in [2.45, 2.75) is 38.1 Å². The van der Waals surface area contributed by atoms with Crippen LogP contribution < -0.4 is 5.32 Å². The van der Waals surface area contributed by atoms with Crippen molar-refractivity contribution in [2.75, 3.05) is 13.1 Å². The smallest absolute Gasteiger partial charge is 0.257 e. The number of benzene rings is 1. The second-order valence-electron chi connectivity index (χ2n) is 5.67. The standard InChI is InChI=1S/C17H22N2O/c20-17(14-7-2-1-3-8-14)19-12-6-9-15(13-19)16-10-4-5-11-18-16/h1-3,7-8,13,16,18H,4-6,9-12H2. The number of hydrogen-bond donors (Lipinski definition) is 1. The average Bonchev–Trinajstić information content (AvgIpc) is 2.56. The van der Waals surface area contributed by atoms with Crippen molar-refractivity contribution in [1.29, 1.82) is 0 Å². The van der Waals surface area contributed by atoms with E-state index < -0.39 is 0 Å². The molecular formula is C17H22N2O. The van der Waals surface area contributed by atoms with E-state index in [-0.39, 0.29) is 5.91 Å². The van der Waals surface area contributed by atoms with Crippen LogP contribution in [0, 0.1) is 0 Å². The van der Waals surface area contributed by atoms with Gasteiger partial charge in [-0.05, 0) is 49.9 Å². The molecule has 106 valence electrons. The van der Waals surface area contributed by atoms with Crippen molar-refractivity contribution in [3.8, 4) is 0 Å². The Bertz CT molecular complexity index is 489. The number of amides is 1. The molecule has 3 nitrogen and oxygen atoms in total. The summed E-state index contributed by atoms with van der Waals surface area (Å²) in [6.45, 7) is 1.94. The summed E-state index contributed by atoms with van der Waals surface area (Å²) in [7, 11) is 0. The molecule has 1 amide bonds. The van der Waals surface area contributed by atoms with E-state index in [2.05, 4.69) is 11.5 Å². The molecule has 3 rings (SSSR count). The Kier molecular flexibility index (Phi) is 4.16. The van der Waals surface area contributed by atoms with Gasteiger partial charge in [-0.25, -0.2) is 0 Å². The van der Waals surface area contributed by atoms with E-state index in [0.717, 1.165) is 31.5 Å². The summed E-state index contributed by atoms with van der Waals surface area (Å²) in [6, 6.07) is 10.1. The number of hydrogen-bond acceptors (Lipinski definition) is 2. The summed E-state index contributed by atoms with van der Waals surface area (Å²) in [5.74, 6) is 0.124. The highest BCUT2D eigenvalue weighted by Gasteiger charge is 2.23. The molecule has 1 unspecified atom stereocenters. The Morgan fingerprint density at radius 2 is 2.00 bits per heavy atom. The zero-order valence-corrected chi connectivity index (χ0v) is 11.8. The van der Waals surface area contributed by atoms with Gasteiger partial charge >= 0.3 is 0 Å². The minimum atomic E-state index is 0.124. The van der Waals surface area contributed by atoms with Gasteiger partial charge in [-0.1, -0.05) is 24.6 Å². The Morgan fingerprint density at radius 3 is 2.75 bits per heavy atom. The minimum absolute atomic E-state index is 0.124. The van der Waals surface area contributed by atoms with E-state index in [1.54, 1.807) is 0 Å². The van der Waals surface area contributed by atoms with Crippen LogP contribution in [0.1, 0.15) is 42.5 Å². The molecule has 1 fully saturated rings. The quantitative estimate of drug-likeness (QED) is 0.896. The number of rotatable bonds is 2. The maximum absolute atomic E-state index is 12.5. The molecule has 0 radical (unpaired) electrons. The van der Waals surface area contributed by atoms with Gasteiger partial charge in [0.25, 0.3) is 5.91 Å². The fourth-order valence-corrected chi connectivity index (χ4v) is 3.12. The van der Waals surface area contributed by atoms with Crippen LogP contribution in [0.25, 0.3) is 0 Å². The van der Waals surface area contributed by atoms with Crippen LogP contribution in [0.5, 0.6) is 0 Å². The Hall–Kier alpha value is -1.61. The van der Waals surface area contributed by atoms with Crippen LogP contribution in [0.3, 0.4) is 0 Å². The molecule has 1 aromatic carbocycles. The minimum Gasteiger partial charge on any atom is -0.315 e. The fraction of sp³-hybridized carbons (Fsp3) is 0.471. The fourth-order valence-electron chi connectivity index (χ4n) is 3.12. The van der Waals surface area contributed by atoms with Crippen LogP contribution >= 0.6 is 0 Å². The van der Waals surface area contributed by atoms with E-state index >= 15 is 0 Å². The second-order valence-corrected chi connectivity index (χ2v) is 5.67. The van der Waals surface area contributed by atoms with Crippen molar-refractivity contribution in [2.24, 2.45) is 0 Å². The van der Waals surface area contributed by atoms with Crippen LogP contribution in [0.4, 0.5) is 0 Å². The number of nitrogens with one attached hydrogen (secondary N) is 1. The number of piperidine rings is 1. The van der Waals surface area contributed by atoms with Crippen LogP contribution in [0.2, 0.25) is 0 Å². The lowest BCUT2D eigenvalue weighted by atomic mass is 9.93. The normalized spacial score (nSPS) is 23.3. The molecule has 1 N–H and O–H groups in total. The van der Waals surface area contributed by atoms with E-state index in [9.17, 15) is 4.79 Å². The summed E-state index contributed by atoms with van der Waals surface area (Å²) in [5.41, 5.74) is 2.18. The van der Waals surface area contributed by atoms with Gasteiger partial charge in [0.2, 0.25) is 0 Å². The van der Waals surface area contributed by atoms with Gasteiger partial charge in [0.05, 0.1) is 0 Å². The summed E-state index contributed by atoms with van der Waals surface area (Å²) >= 11 is 0. The van der Waals surface area contributed by atoms with Gasteiger partial charge in [0.1, 0.15) is 0 Å². The first-order valence-corrected chi connectivity index (χ1v) is 7.64. The van der Waals surface area contributed by atoms with Crippen molar-refractivity contribution in [1.82, 2.24) is 10.2 Å². The van der Waals surface area contributed by atoms with Crippen molar-refractivity contribution < 1.29 is 4.79 Å². The van der Waals surface area contributed by atoms with E-state index in [1.807, 2.05) is 35.2 Å². The van der Waals surface area contributed by atoms with Gasteiger partial charge < -0.3 is 10.2 Å². The third-order valence-electron chi connectivity index (χ3n) is 4.23. The largest absolute Gasteiger partial charge is 0.315 e. The SMILES string of the molecule is O=C(c1ccccc1)N1C=C(C2CCCCN2)CCC1. The molecule has 2 heterocycles. The Labute approximate surface area is 120 Å². The molecule has 3 heteroatoms.